The lowest BCUT2D eigenvalue weighted by Crippen LogP contribution is -2.25. The minimum Gasteiger partial charge on any atom is -0.352 e. The molecule has 0 bridgehead atoms. The Bertz CT molecular complexity index is 974. The number of halogens is 1. The van der Waals surface area contributed by atoms with Crippen molar-refractivity contribution >= 4 is 16.9 Å². The number of aromatic nitrogens is 2. The Labute approximate surface area is 177 Å². The first-order valence-corrected chi connectivity index (χ1v) is 11.2. The van der Waals surface area contributed by atoms with Crippen molar-refractivity contribution in [3.8, 4) is 0 Å². The summed E-state index contributed by atoms with van der Waals surface area (Å²) in [5, 5.41) is 2.93. The van der Waals surface area contributed by atoms with Crippen molar-refractivity contribution < 1.29 is 9.18 Å². The van der Waals surface area contributed by atoms with Crippen molar-refractivity contribution in [2.75, 3.05) is 6.54 Å². The number of amides is 1. The van der Waals surface area contributed by atoms with Crippen molar-refractivity contribution in [2.24, 2.45) is 5.92 Å². The van der Waals surface area contributed by atoms with Crippen LogP contribution in [-0.4, -0.2) is 22.0 Å². The molecular weight excluding hydrogens is 377 g/mol. The number of fused-ring (bicyclic) bond motifs is 1. The van der Waals surface area contributed by atoms with Gasteiger partial charge in [0.25, 0.3) is 5.91 Å². The van der Waals surface area contributed by atoms with Crippen LogP contribution in [0.25, 0.3) is 11.0 Å². The predicted molar refractivity (Wildman–Crippen MR) is 118 cm³/mol. The third kappa shape index (κ3) is 5.07. The van der Waals surface area contributed by atoms with E-state index in [0.29, 0.717) is 12.1 Å². The Balaban J connectivity index is 1.35. The third-order valence-electron chi connectivity index (χ3n) is 6.19. The van der Waals surface area contributed by atoms with Gasteiger partial charge in [-0.05, 0) is 55.2 Å². The van der Waals surface area contributed by atoms with E-state index in [0.717, 1.165) is 36.6 Å². The van der Waals surface area contributed by atoms with Crippen LogP contribution in [0.4, 0.5) is 4.39 Å². The SMILES string of the molecule is O=C(NCCCc1nc2ccccc2n1CCC1CCCCC1)c1ccc(F)cc1. The van der Waals surface area contributed by atoms with Gasteiger partial charge < -0.3 is 9.88 Å². The molecule has 0 radical (unpaired) electrons. The van der Waals surface area contributed by atoms with Crippen LogP contribution in [0, 0.1) is 11.7 Å². The Morgan fingerprint density at radius 2 is 1.83 bits per heavy atom. The zero-order valence-corrected chi connectivity index (χ0v) is 17.4. The quantitative estimate of drug-likeness (QED) is 0.501. The predicted octanol–water partition coefficient (Wildman–Crippen LogP) is 5.51. The highest BCUT2D eigenvalue weighted by Crippen LogP contribution is 2.28. The zero-order chi connectivity index (χ0) is 20.8. The standard InChI is InChI=1S/C25H30FN3O/c26-21-14-12-20(13-15-21)25(30)27-17-6-11-24-28-22-9-4-5-10-23(22)29(24)18-16-19-7-2-1-3-8-19/h4-5,9-10,12-15,19H,1-3,6-8,11,16-18H2,(H,27,30). The van der Waals surface area contributed by atoms with E-state index in [9.17, 15) is 9.18 Å². The number of carbonyl (C=O) groups excluding carboxylic acids is 1. The van der Waals surface area contributed by atoms with Crippen LogP contribution in [0.2, 0.25) is 0 Å². The molecule has 158 valence electrons. The average molecular weight is 408 g/mol. The molecule has 30 heavy (non-hydrogen) atoms. The molecule has 5 heteroatoms. The Kier molecular flexibility index (Phi) is 6.77. The minimum absolute atomic E-state index is 0.166. The van der Waals surface area contributed by atoms with Crippen LogP contribution in [0.15, 0.2) is 48.5 Å². The molecule has 0 atom stereocenters. The summed E-state index contributed by atoms with van der Waals surface area (Å²) in [7, 11) is 0. The molecule has 1 saturated carbocycles. The largest absolute Gasteiger partial charge is 0.352 e. The second-order valence-electron chi connectivity index (χ2n) is 8.33. The van der Waals surface area contributed by atoms with Gasteiger partial charge in [0.2, 0.25) is 0 Å². The zero-order valence-electron chi connectivity index (χ0n) is 17.4. The number of nitrogens with zero attached hydrogens (tertiary/aromatic N) is 2. The van der Waals surface area contributed by atoms with E-state index in [1.54, 1.807) is 0 Å². The molecular formula is C25H30FN3O. The van der Waals surface area contributed by atoms with Crippen LogP contribution in [0.5, 0.6) is 0 Å². The van der Waals surface area contributed by atoms with Crippen molar-refractivity contribution in [2.45, 2.75) is 57.9 Å². The molecule has 1 aromatic heterocycles. The summed E-state index contributed by atoms with van der Waals surface area (Å²) in [5.41, 5.74) is 2.74. The summed E-state index contributed by atoms with van der Waals surface area (Å²) in [6.45, 7) is 1.59. The molecule has 1 heterocycles. The van der Waals surface area contributed by atoms with Crippen molar-refractivity contribution in [3.05, 3.63) is 65.7 Å². The van der Waals surface area contributed by atoms with Gasteiger partial charge in [-0.2, -0.15) is 0 Å². The van der Waals surface area contributed by atoms with E-state index in [4.69, 9.17) is 4.98 Å². The maximum atomic E-state index is 13.0. The second-order valence-corrected chi connectivity index (χ2v) is 8.33. The Morgan fingerprint density at radius 3 is 2.63 bits per heavy atom. The molecule has 0 aliphatic heterocycles. The van der Waals surface area contributed by atoms with E-state index in [1.165, 1.54) is 68.3 Å². The van der Waals surface area contributed by atoms with Gasteiger partial charge in [-0.25, -0.2) is 9.37 Å². The fraction of sp³-hybridized carbons (Fsp3) is 0.440. The van der Waals surface area contributed by atoms with Crippen LogP contribution in [0.3, 0.4) is 0 Å². The van der Waals surface area contributed by atoms with Gasteiger partial charge >= 0.3 is 0 Å². The summed E-state index contributed by atoms with van der Waals surface area (Å²) < 4.78 is 15.4. The molecule has 1 fully saturated rings. The number of imidazole rings is 1. The van der Waals surface area contributed by atoms with Gasteiger partial charge in [0.05, 0.1) is 11.0 Å². The number of benzene rings is 2. The average Bonchev–Trinajstić information content (AvgIpc) is 3.13. The summed E-state index contributed by atoms with van der Waals surface area (Å²) >= 11 is 0. The van der Waals surface area contributed by atoms with Crippen molar-refractivity contribution in [3.63, 3.8) is 0 Å². The van der Waals surface area contributed by atoms with Gasteiger partial charge in [-0.3, -0.25) is 4.79 Å². The third-order valence-corrected chi connectivity index (χ3v) is 6.19. The van der Waals surface area contributed by atoms with Crippen LogP contribution < -0.4 is 5.32 Å². The maximum Gasteiger partial charge on any atom is 0.251 e. The van der Waals surface area contributed by atoms with Gasteiger partial charge in [0, 0.05) is 25.1 Å². The number of rotatable bonds is 8. The second kappa shape index (κ2) is 9.88. The van der Waals surface area contributed by atoms with E-state index in [1.807, 2.05) is 6.07 Å². The molecule has 1 aliphatic carbocycles. The van der Waals surface area contributed by atoms with E-state index in [-0.39, 0.29) is 11.7 Å². The summed E-state index contributed by atoms with van der Waals surface area (Å²) in [6, 6.07) is 14.0. The molecule has 4 nitrogen and oxygen atoms in total. The number of aryl methyl sites for hydroxylation is 2. The molecule has 3 aromatic rings. The number of carbonyl (C=O) groups is 1. The van der Waals surface area contributed by atoms with Crippen molar-refractivity contribution in [1.29, 1.82) is 0 Å². The minimum atomic E-state index is -0.335. The number of hydrogen-bond donors (Lipinski definition) is 1. The number of hydrogen-bond acceptors (Lipinski definition) is 2. The lowest BCUT2D eigenvalue weighted by atomic mass is 9.87. The summed E-state index contributed by atoms with van der Waals surface area (Å²) in [5.74, 6) is 1.44. The molecule has 0 unspecified atom stereocenters. The smallest absolute Gasteiger partial charge is 0.251 e. The van der Waals surface area contributed by atoms with Crippen LogP contribution in [-0.2, 0) is 13.0 Å². The lowest BCUT2D eigenvalue weighted by Gasteiger charge is -2.22. The number of para-hydroxylation sites is 2. The van der Waals surface area contributed by atoms with E-state index >= 15 is 0 Å². The van der Waals surface area contributed by atoms with Crippen LogP contribution in [0.1, 0.15) is 61.1 Å². The van der Waals surface area contributed by atoms with Gasteiger partial charge in [-0.1, -0.05) is 44.2 Å². The first kappa shape index (κ1) is 20.6. The first-order valence-electron chi connectivity index (χ1n) is 11.2. The maximum absolute atomic E-state index is 13.0. The highest BCUT2D eigenvalue weighted by molar-refractivity contribution is 5.94. The first-order chi connectivity index (χ1) is 14.7. The Morgan fingerprint density at radius 1 is 1.07 bits per heavy atom. The monoisotopic (exact) mass is 407 g/mol. The Hall–Kier alpha value is -2.69. The van der Waals surface area contributed by atoms with E-state index in [2.05, 4.69) is 28.1 Å². The molecule has 0 spiro atoms. The normalized spacial score (nSPS) is 14.8. The van der Waals surface area contributed by atoms with Gasteiger partial charge in [0.15, 0.2) is 0 Å². The number of nitrogens with one attached hydrogen (secondary N) is 1. The molecule has 1 amide bonds. The fourth-order valence-electron chi connectivity index (χ4n) is 4.50. The summed E-state index contributed by atoms with van der Waals surface area (Å²) in [6.07, 6.45) is 9.71. The fourth-order valence-corrected chi connectivity index (χ4v) is 4.50. The van der Waals surface area contributed by atoms with Crippen molar-refractivity contribution in [1.82, 2.24) is 14.9 Å². The van der Waals surface area contributed by atoms with E-state index < -0.39 is 0 Å². The summed E-state index contributed by atoms with van der Waals surface area (Å²) in [4.78, 5) is 17.1. The molecule has 1 aliphatic rings. The molecule has 0 saturated heterocycles. The highest BCUT2D eigenvalue weighted by Gasteiger charge is 2.16. The van der Waals surface area contributed by atoms with Gasteiger partial charge in [-0.15, -0.1) is 0 Å². The molecule has 2 aromatic carbocycles. The molecule has 1 N–H and O–H groups in total. The van der Waals surface area contributed by atoms with Crippen LogP contribution >= 0.6 is 0 Å². The highest BCUT2D eigenvalue weighted by atomic mass is 19.1. The molecule has 4 rings (SSSR count). The van der Waals surface area contributed by atoms with Gasteiger partial charge in [0.1, 0.15) is 11.6 Å². The lowest BCUT2D eigenvalue weighted by molar-refractivity contribution is 0.0953. The topological polar surface area (TPSA) is 46.9 Å².